The van der Waals surface area contributed by atoms with Crippen molar-refractivity contribution in [3.05, 3.63) is 34.6 Å². The van der Waals surface area contributed by atoms with Gasteiger partial charge in [-0.3, -0.25) is 9.51 Å². The van der Waals surface area contributed by atoms with Crippen molar-refractivity contribution in [3.63, 3.8) is 0 Å². The van der Waals surface area contributed by atoms with Crippen LogP contribution in [0.4, 0.5) is 0 Å². The molecule has 0 unspecified atom stereocenters. The lowest BCUT2D eigenvalue weighted by Gasteiger charge is -1.87. The summed E-state index contributed by atoms with van der Waals surface area (Å²) in [4.78, 5) is 17.1. The SMILES string of the molecule is Cn1cnc(Cc2noc(=O)[nH]2)c1. The molecule has 6 heteroatoms. The van der Waals surface area contributed by atoms with Gasteiger partial charge in [0, 0.05) is 13.2 Å². The van der Waals surface area contributed by atoms with Crippen molar-refractivity contribution in [2.24, 2.45) is 7.05 Å². The molecule has 0 aliphatic carbocycles. The molecule has 0 fully saturated rings. The normalized spacial score (nSPS) is 10.5. The first kappa shape index (κ1) is 7.78. The zero-order chi connectivity index (χ0) is 9.26. The summed E-state index contributed by atoms with van der Waals surface area (Å²) in [6.45, 7) is 0. The summed E-state index contributed by atoms with van der Waals surface area (Å²) in [6, 6.07) is 0. The Hall–Kier alpha value is -1.85. The van der Waals surface area contributed by atoms with Crippen LogP contribution in [0.15, 0.2) is 21.8 Å². The van der Waals surface area contributed by atoms with Gasteiger partial charge in [0.1, 0.15) is 0 Å². The van der Waals surface area contributed by atoms with Gasteiger partial charge in [-0.15, -0.1) is 0 Å². The van der Waals surface area contributed by atoms with E-state index in [1.165, 1.54) is 0 Å². The number of aromatic nitrogens is 4. The van der Waals surface area contributed by atoms with E-state index in [0.717, 1.165) is 5.69 Å². The number of hydrogen-bond donors (Lipinski definition) is 1. The van der Waals surface area contributed by atoms with Gasteiger partial charge in [-0.25, -0.2) is 9.78 Å². The van der Waals surface area contributed by atoms with Crippen LogP contribution in [0.2, 0.25) is 0 Å². The Morgan fingerprint density at radius 1 is 1.69 bits per heavy atom. The Bertz CT molecular complexity index is 453. The monoisotopic (exact) mass is 180 g/mol. The molecule has 6 nitrogen and oxygen atoms in total. The summed E-state index contributed by atoms with van der Waals surface area (Å²) >= 11 is 0. The molecule has 2 heterocycles. The number of rotatable bonds is 2. The Morgan fingerprint density at radius 3 is 3.08 bits per heavy atom. The molecule has 2 aromatic heterocycles. The number of nitrogens with zero attached hydrogens (tertiary/aromatic N) is 3. The molecule has 0 spiro atoms. The van der Waals surface area contributed by atoms with Gasteiger partial charge in [0.25, 0.3) is 0 Å². The Balaban J connectivity index is 2.19. The van der Waals surface area contributed by atoms with Crippen LogP contribution in [0.1, 0.15) is 11.5 Å². The van der Waals surface area contributed by atoms with Crippen LogP contribution < -0.4 is 5.76 Å². The maximum Gasteiger partial charge on any atom is 0.438 e. The molecule has 0 aliphatic heterocycles. The summed E-state index contributed by atoms with van der Waals surface area (Å²) in [6.07, 6.45) is 4.02. The van der Waals surface area contributed by atoms with Gasteiger partial charge in [-0.2, -0.15) is 0 Å². The molecule has 0 bridgehead atoms. The zero-order valence-corrected chi connectivity index (χ0v) is 7.02. The highest BCUT2D eigenvalue weighted by molar-refractivity contribution is 5.03. The van der Waals surface area contributed by atoms with Crippen molar-refractivity contribution >= 4 is 0 Å². The minimum absolute atomic E-state index is 0.479. The van der Waals surface area contributed by atoms with Gasteiger partial charge in [0.15, 0.2) is 5.82 Å². The molecule has 0 saturated heterocycles. The second-order valence-electron chi connectivity index (χ2n) is 2.75. The van der Waals surface area contributed by atoms with Crippen LogP contribution in [0.3, 0.4) is 0 Å². The largest absolute Gasteiger partial charge is 0.438 e. The Morgan fingerprint density at radius 2 is 2.54 bits per heavy atom. The third kappa shape index (κ3) is 1.66. The van der Waals surface area contributed by atoms with Gasteiger partial charge < -0.3 is 4.57 Å². The van der Waals surface area contributed by atoms with E-state index in [-0.39, 0.29) is 0 Å². The number of aromatic amines is 1. The van der Waals surface area contributed by atoms with E-state index >= 15 is 0 Å². The molecule has 0 atom stereocenters. The lowest BCUT2D eigenvalue weighted by atomic mass is 10.3. The first-order valence-electron chi connectivity index (χ1n) is 3.76. The molecule has 0 aliphatic rings. The van der Waals surface area contributed by atoms with Gasteiger partial charge >= 0.3 is 5.76 Å². The van der Waals surface area contributed by atoms with Crippen LogP contribution in [0.5, 0.6) is 0 Å². The minimum atomic E-state index is -0.536. The third-order valence-electron chi connectivity index (χ3n) is 1.59. The molecule has 0 aromatic carbocycles. The van der Waals surface area contributed by atoms with Crippen molar-refractivity contribution in [1.82, 2.24) is 19.7 Å². The van der Waals surface area contributed by atoms with Gasteiger partial charge in [-0.1, -0.05) is 5.16 Å². The van der Waals surface area contributed by atoms with Gasteiger partial charge in [-0.05, 0) is 0 Å². The molecular formula is C7H8N4O2. The van der Waals surface area contributed by atoms with E-state index in [4.69, 9.17) is 0 Å². The molecule has 2 rings (SSSR count). The van der Waals surface area contributed by atoms with E-state index in [2.05, 4.69) is 19.6 Å². The smallest absolute Gasteiger partial charge is 0.340 e. The van der Waals surface area contributed by atoms with E-state index in [1.807, 2.05) is 17.8 Å². The van der Waals surface area contributed by atoms with Gasteiger partial charge in [0.2, 0.25) is 0 Å². The Labute approximate surface area is 73.2 Å². The van der Waals surface area contributed by atoms with Crippen molar-refractivity contribution in [1.29, 1.82) is 0 Å². The maximum atomic E-state index is 10.6. The Kier molecular flexibility index (Phi) is 1.73. The zero-order valence-electron chi connectivity index (χ0n) is 7.02. The summed E-state index contributed by atoms with van der Waals surface area (Å²) in [5, 5.41) is 3.53. The number of H-pyrrole nitrogens is 1. The first-order chi connectivity index (χ1) is 6.24. The van der Waals surface area contributed by atoms with Crippen molar-refractivity contribution in [2.45, 2.75) is 6.42 Å². The molecule has 2 aromatic rings. The van der Waals surface area contributed by atoms with E-state index in [1.54, 1.807) is 6.33 Å². The lowest BCUT2D eigenvalue weighted by molar-refractivity contribution is 0.382. The average Bonchev–Trinajstić information content (AvgIpc) is 2.62. The van der Waals surface area contributed by atoms with E-state index < -0.39 is 5.76 Å². The highest BCUT2D eigenvalue weighted by Crippen LogP contribution is 1.99. The number of aryl methyl sites for hydroxylation is 1. The molecule has 0 saturated carbocycles. The fourth-order valence-electron chi connectivity index (χ4n) is 1.07. The number of imidazole rings is 1. The topological polar surface area (TPSA) is 76.7 Å². The fourth-order valence-corrected chi connectivity index (χ4v) is 1.07. The molecular weight excluding hydrogens is 172 g/mol. The van der Waals surface area contributed by atoms with Crippen LogP contribution in [-0.2, 0) is 13.5 Å². The molecule has 0 radical (unpaired) electrons. The summed E-state index contributed by atoms with van der Waals surface area (Å²) in [5.41, 5.74) is 0.840. The second-order valence-corrected chi connectivity index (χ2v) is 2.75. The van der Waals surface area contributed by atoms with Crippen molar-refractivity contribution in [3.8, 4) is 0 Å². The quantitative estimate of drug-likeness (QED) is 0.687. The van der Waals surface area contributed by atoms with Crippen molar-refractivity contribution < 1.29 is 4.52 Å². The predicted octanol–water partition coefficient (Wildman–Crippen LogP) is -0.313. The minimum Gasteiger partial charge on any atom is -0.340 e. The van der Waals surface area contributed by atoms with E-state index in [9.17, 15) is 4.79 Å². The van der Waals surface area contributed by atoms with E-state index in [0.29, 0.717) is 12.2 Å². The van der Waals surface area contributed by atoms with Gasteiger partial charge in [0.05, 0.1) is 18.4 Å². The standard InChI is InChI=1S/C7H8N4O2/c1-11-3-5(8-4-11)2-6-9-7(12)13-10-6/h3-4H,2H2,1H3,(H,9,10,12). The first-order valence-corrected chi connectivity index (χ1v) is 3.76. The second kappa shape index (κ2) is 2.89. The number of nitrogens with one attached hydrogen (secondary N) is 1. The maximum absolute atomic E-state index is 10.6. The van der Waals surface area contributed by atoms with Crippen LogP contribution >= 0.6 is 0 Å². The molecule has 0 amide bonds. The fraction of sp³-hybridized carbons (Fsp3) is 0.286. The summed E-state index contributed by atoms with van der Waals surface area (Å²) in [7, 11) is 1.88. The average molecular weight is 180 g/mol. The number of hydrogen-bond acceptors (Lipinski definition) is 4. The molecule has 1 N–H and O–H groups in total. The summed E-state index contributed by atoms with van der Waals surface area (Å²) in [5.74, 6) is -0.0466. The molecule has 68 valence electrons. The third-order valence-corrected chi connectivity index (χ3v) is 1.59. The highest BCUT2D eigenvalue weighted by atomic mass is 16.5. The van der Waals surface area contributed by atoms with Crippen molar-refractivity contribution in [2.75, 3.05) is 0 Å². The molecule has 13 heavy (non-hydrogen) atoms. The lowest BCUT2D eigenvalue weighted by Crippen LogP contribution is -1.98. The highest BCUT2D eigenvalue weighted by Gasteiger charge is 2.03. The van der Waals surface area contributed by atoms with Crippen LogP contribution in [0, 0.1) is 0 Å². The van der Waals surface area contributed by atoms with Crippen LogP contribution in [0.25, 0.3) is 0 Å². The summed E-state index contributed by atoms with van der Waals surface area (Å²) < 4.78 is 6.17. The predicted molar refractivity (Wildman–Crippen MR) is 43.1 cm³/mol. The van der Waals surface area contributed by atoms with Crippen LogP contribution in [-0.4, -0.2) is 19.7 Å².